The second-order valence-corrected chi connectivity index (χ2v) is 7.78. The molecule has 0 fully saturated rings. The van der Waals surface area contributed by atoms with Crippen molar-refractivity contribution in [3.63, 3.8) is 0 Å². The van der Waals surface area contributed by atoms with Crippen LogP contribution in [0.1, 0.15) is 43.8 Å². The van der Waals surface area contributed by atoms with Gasteiger partial charge in [-0.15, -0.1) is 23.3 Å². The maximum Gasteiger partial charge on any atom is 0.287 e. The number of rotatable bonds is 4. The molecule has 2 aliphatic rings. The van der Waals surface area contributed by atoms with E-state index in [2.05, 4.69) is 48.1 Å². The molecule has 2 N–H and O–H groups in total. The van der Waals surface area contributed by atoms with Gasteiger partial charge in [-0.1, -0.05) is 32.1 Å². The summed E-state index contributed by atoms with van der Waals surface area (Å²) in [5.41, 5.74) is 7.40. The molecule has 130 valence electrons. The molecule has 0 radical (unpaired) electrons. The third-order valence-corrected chi connectivity index (χ3v) is 4.88. The summed E-state index contributed by atoms with van der Waals surface area (Å²) in [5, 5.41) is 6.30. The number of hydrazone groups is 1. The number of hydrogen-bond acceptors (Lipinski definition) is 7. The van der Waals surface area contributed by atoms with Crippen LogP contribution in [0.15, 0.2) is 34.4 Å². The van der Waals surface area contributed by atoms with Crippen LogP contribution >= 0.6 is 11.8 Å². The molecular weight excluding hydrogens is 334 g/mol. The first kappa shape index (κ1) is 17.4. The van der Waals surface area contributed by atoms with Crippen LogP contribution in [0, 0.1) is 12.3 Å². The van der Waals surface area contributed by atoms with Crippen LogP contribution in [0.4, 0.5) is 5.82 Å². The second-order valence-electron chi connectivity index (χ2n) is 6.13. The lowest BCUT2D eigenvalue weighted by atomic mass is 9.97. The Labute approximate surface area is 152 Å². The molecular formula is C18H21N5OS. The molecule has 7 heteroatoms. The van der Waals surface area contributed by atoms with Crippen LogP contribution in [0.3, 0.4) is 0 Å². The summed E-state index contributed by atoms with van der Waals surface area (Å²) in [7, 11) is 1.77. The van der Waals surface area contributed by atoms with E-state index in [9.17, 15) is 0 Å². The first-order valence-corrected chi connectivity index (χ1v) is 8.98. The van der Waals surface area contributed by atoms with Crippen molar-refractivity contribution in [2.75, 3.05) is 12.8 Å². The average Bonchev–Trinajstić information content (AvgIpc) is 2.96. The van der Waals surface area contributed by atoms with Gasteiger partial charge < -0.3 is 10.5 Å². The molecule has 0 saturated heterocycles. The number of anilines is 1. The van der Waals surface area contributed by atoms with Gasteiger partial charge in [0.25, 0.3) is 5.90 Å². The number of allylic oxidation sites excluding steroid dienone is 3. The average molecular weight is 355 g/mol. The lowest BCUT2D eigenvalue weighted by Gasteiger charge is -2.21. The van der Waals surface area contributed by atoms with E-state index in [4.69, 9.17) is 21.9 Å². The van der Waals surface area contributed by atoms with Crippen molar-refractivity contribution in [3.05, 3.63) is 40.7 Å². The summed E-state index contributed by atoms with van der Waals surface area (Å²) in [6, 6.07) is 0. The monoisotopic (exact) mass is 355 g/mol. The van der Waals surface area contributed by atoms with E-state index >= 15 is 0 Å². The van der Waals surface area contributed by atoms with Gasteiger partial charge in [0.05, 0.1) is 11.9 Å². The molecule has 3 rings (SSSR count). The molecule has 0 aromatic carbocycles. The number of nitrogens with zero attached hydrogens (tertiary/aromatic N) is 4. The van der Waals surface area contributed by atoms with E-state index in [1.165, 1.54) is 4.91 Å². The Morgan fingerprint density at radius 3 is 2.88 bits per heavy atom. The summed E-state index contributed by atoms with van der Waals surface area (Å²) >= 11 is 1.86. The van der Waals surface area contributed by atoms with Crippen LogP contribution in [-0.4, -0.2) is 33.2 Å². The van der Waals surface area contributed by atoms with Crippen molar-refractivity contribution in [1.29, 1.82) is 0 Å². The lowest BCUT2D eigenvalue weighted by Crippen LogP contribution is -2.20. The Morgan fingerprint density at radius 1 is 1.48 bits per heavy atom. The second kappa shape index (κ2) is 7.19. The molecule has 1 aliphatic carbocycles. The predicted octanol–water partition coefficient (Wildman–Crippen LogP) is 3.04. The largest absolute Gasteiger partial charge is 0.438 e. The van der Waals surface area contributed by atoms with Crippen molar-refractivity contribution in [1.82, 2.24) is 15.0 Å². The summed E-state index contributed by atoms with van der Waals surface area (Å²) < 4.78 is 5.62. The molecule has 1 aromatic rings. The zero-order valence-electron chi connectivity index (χ0n) is 14.5. The van der Waals surface area contributed by atoms with Crippen LogP contribution in [0.5, 0.6) is 0 Å². The van der Waals surface area contributed by atoms with Gasteiger partial charge in [-0.2, -0.15) is 0 Å². The molecule has 2 unspecified atom stereocenters. The van der Waals surface area contributed by atoms with Gasteiger partial charge in [0.2, 0.25) is 6.23 Å². The predicted molar refractivity (Wildman–Crippen MR) is 102 cm³/mol. The Balaban J connectivity index is 1.79. The Bertz CT molecular complexity index is 793. The first-order chi connectivity index (χ1) is 12.0. The summed E-state index contributed by atoms with van der Waals surface area (Å²) in [4.78, 5) is 10.3. The number of aromatic nitrogens is 2. The van der Waals surface area contributed by atoms with Crippen LogP contribution in [-0.2, 0) is 4.74 Å². The van der Waals surface area contributed by atoms with E-state index in [0.717, 1.165) is 12.1 Å². The zero-order valence-corrected chi connectivity index (χ0v) is 15.3. The number of nitrogens with two attached hydrogens (primary N) is 1. The van der Waals surface area contributed by atoms with Crippen molar-refractivity contribution >= 4 is 23.5 Å². The number of ether oxygens (including phenoxy) is 1. The number of hydrogen-bond donors (Lipinski definition) is 1. The van der Waals surface area contributed by atoms with Gasteiger partial charge in [-0.05, 0) is 12.3 Å². The van der Waals surface area contributed by atoms with Gasteiger partial charge in [-0.3, -0.25) is 5.01 Å². The molecule has 2 atom stereocenters. The first-order valence-electron chi connectivity index (χ1n) is 8.10. The summed E-state index contributed by atoms with van der Waals surface area (Å²) in [5.74, 6) is 3.09. The van der Waals surface area contributed by atoms with E-state index in [1.54, 1.807) is 18.3 Å². The highest BCUT2D eigenvalue weighted by Gasteiger charge is 2.30. The van der Waals surface area contributed by atoms with Crippen LogP contribution in [0.25, 0.3) is 0 Å². The minimum atomic E-state index is -0.548. The van der Waals surface area contributed by atoms with Crippen molar-refractivity contribution < 1.29 is 4.74 Å². The Hall–Kier alpha value is -2.46. The summed E-state index contributed by atoms with van der Waals surface area (Å²) in [6.07, 6.45) is 14.0. The highest BCUT2D eigenvalue weighted by atomic mass is 32.2. The van der Waals surface area contributed by atoms with E-state index < -0.39 is 6.23 Å². The maximum atomic E-state index is 6.01. The Morgan fingerprint density at radius 2 is 2.28 bits per heavy atom. The maximum absolute atomic E-state index is 6.01. The molecule has 25 heavy (non-hydrogen) atoms. The topological polar surface area (TPSA) is 76.6 Å². The van der Waals surface area contributed by atoms with E-state index in [1.807, 2.05) is 11.8 Å². The molecule has 1 aromatic heterocycles. The molecule has 2 heterocycles. The third kappa shape index (κ3) is 3.80. The molecule has 0 saturated carbocycles. The van der Waals surface area contributed by atoms with Crippen molar-refractivity contribution in [2.24, 2.45) is 5.10 Å². The van der Waals surface area contributed by atoms with E-state index in [0.29, 0.717) is 16.8 Å². The van der Waals surface area contributed by atoms with Gasteiger partial charge in [0.1, 0.15) is 5.69 Å². The minimum absolute atomic E-state index is 0.170. The number of nitrogen functional groups attached to an aromatic ring is 1. The minimum Gasteiger partial charge on any atom is -0.438 e. The molecule has 0 spiro atoms. The number of thioether (sulfide) groups is 1. The van der Waals surface area contributed by atoms with Gasteiger partial charge >= 0.3 is 0 Å². The summed E-state index contributed by atoms with van der Waals surface area (Å²) in [6.45, 7) is 4.38. The quantitative estimate of drug-likeness (QED) is 0.837. The standard InChI is InChI=1S/C18H21N5OS/c1-5-15-22-23(4)18(24-15)16-17(19)20-10-14(21-16)12-6-8-13(9-7-12)25-11(2)3/h1,6,8-12,18H,7H2,2-4H3,(H2,19,20). The SMILES string of the molecule is C#CC1=NN(C)C(c2nc(C3C=CC(SC(C)C)=CC3)cnc2N)O1. The van der Waals surface area contributed by atoms with E-state index in [-0.39, 0.29) is 11.8 Å². The van der Waals surface area contributed by atoms with Crippen LogP contribution < -0.4 is 5.73 Å². The third-order valence-electron chi connectivity index (χ3n) is 3.83. The fourth-order valence-corrected chi connectivity index (χ4v) is 3.56. The highest BCUT2D eigenvalue weighted by molar-refractivity contribution is 8.03. The van der Waals surface area contributed by atoms with Crippen LogP contribution in [0.2, 0.25) is 0 Å². The molecule has 1 aliphatic heterocycles. The number of terminal acetylenes is 1. The van der Waals surface area contributed by atoms with Gasteiger partial charge in [0.15, 0.2) is 5.82 Å². The molecule has 0 bridgehead atoms. The lowest BCUT2D eigenvalue weighted by molar-refractivity contribution is 0.0748. The Kier molecular flexibility index (Phi) is 5.00. The van der Waals surface area contributed by atoms with Crippen molar-refractivity contribution in [2.45, 2.75) is 37.7 Å². The molecule has 6 nitrogen and oxygen atoms in total. The smallest absolute Gasteiger partial charge is 0.287 e. The van der Waals surface area contributed by atoms with Gasteiger partial charge in [0, 0.05) is 23.1 Å². The molecule has 0 amide bonds. The highest BCUT2D eigenvalue weighted by Crippen LogP contribution is 2.34. The van der Waals surface area contributed by atoms with Crippen molar-refractivity contribution in [3.8, 4) is 12.3 Å². The normalized spacial score (nSPS) is 22.4. The fourth-order valence-electron chi connectivity index (χ4n) is 2.66. The fraction of sp³-hybridized carbons (Fsp3) is 0.389. The zero-order chi connectivity index (χ0) is 18.0. The van der Waals surface area contributed by atoms with Gasteiger partial charge in [-0.25, -0.2) is 9.97 Å².